The number of rotatable bonds is 0. The second kappa shape index (κ2) is 3.95. The van der Waals surface area contributed by atoms with Crippen LogP contribution in [0.5, 0.6) is 0 Å². The maximum atomic E-state index is 12.0. The summed E-state index contributed by atoms with van der Waals surface area (Å²) in [5.74, 6) is 1.31. The van der Waals surface area contributed by atoms with Crippen molar-refractivity contribution in [3.63, 3.8) is 0 Å². The third kappa shape index (κ3) is 1.43. The second-order valence-corrected chi connectivity index (χ2v) is 6.08. The minimum absolute atomic E-state index is 0.202. The Hall–Kier alpha value is -1.09. The van der Waals surface area contributed by atoms with Gasteiger partial charge in [0, 0.05) is 30.3 Å². The van der Waals surface area contributed by atoms with Gasteiger partial charge in [-0.25, -0.2) is 0 Å². The second-order valence-electron chi connectivity index (χ2n) is 6.08. The van der Waals surface area contributed by atoms with Gasteiger partial charge < -0.3 is 4.57 Å². The van der Waals surface area contributed by atoms with E-state index in [1.54, 1.807) is 6.07 Å². The summed E-state index contributed by atoms with van der Waals surface area (Å²) in [6.45, 7) is 3.50. The summed E-state index contributed by atoms with van der Waals surface area (Å²) in [4.78, 5) is 14.7. The van der Waals surface area contributed by atoms with Gasteiger partial charge in [0.25, 0.3) is 5.56 Å². The van der Waals surface area contributed by atoms with Crippen LogP contribution in [0.1, 0.15) is 37.3 Å². The standard InChI is InChI=1S/C15H20N2O/c18-14-7-1-6-13-12-5-3-9-16-8-2-4-11(15(12)16)10-17(13)14/h1,6-7,11-12,15H,2-5,8-10H2/t11-,12-,15-/m1/s1. The number of nitrogens with zero attached hydrogens (tertiary/aromatic N) is 2. The number of fused-ring (bicyclic) bond motifs is 2. The SMILES string of the molecule is O=c1cccc2n1C[C@H]1CCCN3CCC[C@H]2[C@@H]13. The number of hydrogen-bond donors (Lipinski definition) is 0. The molecule has 0 N–H and O–H groups in total. The van der Waals surface area contributed by atoms with Crippen molar-refractivity contribution in [3.05, 3.63) is 34.2 Å². The van der Waals surface area contributed by atoms with Crippen LogP contribution >= 0.6 is 0 Å². The molecule has 4 heterocycles. The van der Waals surface area contributed by atoms with Crippen molar-refractivity contribution in [2.24, 2.45) is 5.92 Å². The fourth-order valence-electron chi connectivity index (χ4n) is 4.52. The molecule has 4 rings (SSSR count). The molecule has 3 aliphatic heterocycles. The molecule has 0 unspecified atom stereocenters. The normalized spacial score (nSPS) is 34.8. The third-order valence-corrected chi connectivity index (χ3v) is 5.18. The summed E-state index contributed by atoms with van der Waals surface area (Å²) in [5, 5.41) is 0. The highest BCUT2D eigenvalue weighted by Crippen LogP contribution is 2.43. The van der Waals surface area contributed by atoms with Crippen molar-refractivity contribution >= 4 is 0 Å². The average molecular weight is 244 g/mol. The van der Waals surface area contributed by atoms with Crippen molar-refractivity contribution in [2.75, 3.05) is 13.1 Å². The largest absolute Gasteiger partial charge is 0.312 e. The zero-order valence-electron chi connectivity index (χ0n) is 10.7. The molecule has 0 aromatic carbocycles. The van der Waals surface area contributed by atoms with E-state index in [2.05, 4.69) is 15.5 Å². The average Bonchev–Trinajstić information content (AvgIpc) is 2.41. The van der Waals surface area contributed by atoms with Crippen molar-refractivity contribution in [3.8, 4) is 0 Å². The van der Waals surface area contributed by atoms with Crippen LogP contribution < -0.4 is 5.56 Å². The van der Waals surface area contributed by atoms with Gasteiger partial charge in [-0.1, -0.05) is 6.07 Å². The zero-order valence-corrected chi connectivity index (χ0v) is 10.7. The van der Waals surface area contributed by atoms with Crippen LogP contribution in [0.25, 0.3) is 0 Å². The van der Waals surface area contributed by atoms with E-state index in [1.807, 2.05) is 6.07 Å². The van der Waals surface area contributed by atoms with E-state index in [0.29, 0.717) is 17.9 Å². The Balaban J connectivity index is 1.84. The monoisotopic (exact) mass is 244 g/mol. The van der Waals surface area contributed by atoms with Gasteiger partial charge in [-0.3, -0.25) is 9.69 Å². The molecule has 0 radical (unpaired) electrons. The van der Waals surface area contributed by atoms with E-state index in [-0.39, 0.29) is 5.56 Å². The highest BCUT2D eigenvalue weighted by molar-refractivity contribution is 5.20. The Labute approximate surface area is 107 Å². The lowest BCUT2D eigenvalue weighted by Gasteiger charge is -2.52. The summed E-state index contributed by atoms with van der Waals surface area (Å²) in [6, 6.07) is 6.55. The molecule has 0 bridgehead atoms. The lowest BCUT2D eigenvalue weighted by atomic mass is 9.73. The summed E-state index contributed by atoms with van der Waals surface area (Å²) < 4.78 is 2.06. The predicted octanol–water partition coefficient (Wildman–Crippen LogP) is 1.82. The summed E-state index contributed by atoms with van der Waals surface area (Å²) in [6.07, 6.45) is 5.17. The fraction of sp³-hybridized carbons (Fsp3) is 0.667. The molecular weight excluding hydrogens is 224 g/mol. The van der Waals surface area contributed by atoms with Crippen LogP contribution in [0.4, 0.5) is 0 Å². The predicted molar refractivity (Wildman–Crippen MR) is 70.8 cm³/mol. The maximum Gasteiger partial charge on any atom is 0.250 e. The number of aromatic nitrogens is 1. The van der Waals surface area contributed by atoms with Gasteiger partial charge in [-0.05, 0) is 50.8 Å². The molecule has 96 valence electrons. The molecule has 1 aromatic rings. The Morgan fingerprint density at radius 3 is 2.83 bits per heavy atom. The lowest BCUT2D eigenvalue weighted by Crippen LogP contribution is -2.56. The fourth-order valence-corrected chi connectivity index (χ4v) is 4.52. The molecule has 3 atom stereocenters. The van der Waals surface area contributed by atoms with Crippen LogP contribution in [0.2, 0.25) is 0 Å². The Morgan fingerprint density at radius 1 is 1.11 bits per heavy atom. The van der Waals surface area contributed by atoms with Crippen molar-refractivity contribution < 1.29 is 0 Å². The number of piperidine rings is 2. The molecule has 2 saturated heterocycles. The first kappa shape index (κ1) is 10.8. The molecule has 0 aliphatic carbocycles. The summed E-state index contributed by atoms with van der Waals surface area (Å²) in [5.41, 5.74) is 1.50. The smallest absolute Gasteiger partial charge is 0.250 e. The molecule has 3 nitrogen and oxygen atoms in total. The Bertz CT molecular complexity index is 519. The van der Waals surface area contributed by atoms with Crippen molar-refractivity contribution in [1.82, 2.24) is 9.47 Å². The number of pyridine rings is 1. The van der Waals surface area contributed by atoms with Gasteiger partial charge in [0.2, 0.25) is 0 Å². The molecule has 3 heteroatoms. The van der Waals surface area contributed by atoms with Crippen molar-refractivity contribution in [2.45, 2.75) is 44.2 Å². The van der Waals surface area contributed by atoms with Crippen LogP contribution in [0.3, 0.4) is 0 Å². The minimum atomic E-state index is 0.202. The minimum Gasteiger partial charge on any atom is -0.312 e. The highest BCUT2D eigenvalue weighted by Gasteiger charge is 2.43. The highest BCUT2D eigenvalue weighted by atomic mass is 16.1. The molecule has 0 amide bonds. The molecule has 2 fully saturated rings. The van der Waals surface area contributed by atoms with Gasteiger partial charge in [0.05, 0.1) is 0 Å². The molecule has 18 heavy (non-hydrogen) atoms. The molecular formula is C15H20N2O. The first-order valence-corrected chi connectivity index (χ1v) is 7.28. The lowest BCUT2D eigenvalue weighted by molar-refractivity contribution is 0.0180. The van der Waals surface area contributed by atoms with E-state index < -0.39 is 0 Å². The summed E-state index contributed by atoms with van der Waals surface area (Å²) >= 11 is 0. The summed E-state index contributed by atoms with van der Waals surface area (Å²) in [7, 11) is 0. The van der Waals surface area contributed by atoms with Gasteiger partial charge in [-0.2, -0.15) is 0 Å². The van der Waals surface area contributed by atoms with Crippen LogP contribution in [0.15, 0.2) is 23.0 Å². The Morgan fingerprint density at radius 2 is 1.94 bits per heavy atom. The van der Waals surface area contributed by atoms with E-state index >= 15 is 0 Å². The molecule has 0 spiro atoms. The first-order valence-electron chi connectivity index (χ1n) is 7.28. The Kier molecular flexibility index (Phi) is 2.37. The molecule has 1 aromatic heterocycles. The zero-order chi connectivity index (χ0) is 12.1. The van der Waals surface area contributed by atoms with Gasteiger partial charge in [0.1, 0.15) is 0 Å². The number of hydrogen-bond acceptors (Lipinski definition) is 2. The topological polar surface area (TPSA) is 25.2 Å². The van der Waals surface area contributed by atoms with E-state index in [9.17, 15) is 4.79 Å². The third-order valence-electron chi connectivity index (χ3n) is 5.18. The molecule has 3 aliphatic rings. The van der Waals surface area contributed by atoms with Crippen LogP contribution in [-0.4, -0.2) is 28.6 Å². The van der Waals surface area contributed by atoms with E-state index in [0.717, 1.165) is 6.54 Å². The van der Waals surface area contributed by atoms with Crippen LogP contribution in [-0.2, 0) is 6.54 Å². The van der Waals surface area contributed by atoms with E-state index in [4.69, 9.17) is 0 Å². The maximum absolute atomic E-state index is 12.0. The van der Waals surface area contributed by atoms with Crippen molar-refractivity contribution in [1.29, 1.82) is 0 Å². The van der Waals surface area contributed by atoms with Gasteiger partial charge in [0.15, 0.2) is 0 Å². The quantitative estimate of drug-likeness (QED) is 0.695. The first-order chi connectivity index (χ1) is 8.84. The molecule has 0 saturated carbocycles. The van der Waals surface area contributed by atoms with Crippen LogP contribution in [0, 0.1) is 5.92 Å². The van der Waals surface area contributed by atoms with E-state index in [1.165, 1.54) is 44.5 Å². The van der Waals surface area contributed by atoms with Gasteiger partial charge >= 0.3 is 0 Å². The van der Waals surface area contributed by atoms with Gasteiger partial charge in [-0.15, -0.1) is 0 Å².